The van der Waals surface area contributed by atoms with Gasteiger partial charge in [-0.05, 0) is 18.9 Å². The van der Waals surface area contributed by atoms with Crippen LogP contribution in [0.5, 0.6) is 0 Å². The molecule has 4 heteroatoms. The summed E-state index contributed by atoms with van der Waals surface area (Å²) in [6.07, 6.45) is 4.50. The van der Waals surface area contributed by atoms with Crippen molar-refractivity contribution in [3.63, 3.8) is 0 Å². The standard InChI is InChI=1S/C13H20N2O2/c1-3-5-9-15(8-4-2)13(17)11-6-7-14-12(16)10-11/h6-7,10H,3-5,8-9H2,1-2H3,(H,14,16). The molecule has 0 spiro atoms. The van der Waals surface area contributed by atoms with Gasteiger partial charge in [0.1, 0.15) is 0 Å². The highest BCUT2D eigenvalue weighted by atomic mass is 16.2. The van der Waals surface area contributed by atoms with Gasteiger partial charge in [0, 0.05) is 30.9 Å². The number of hydrogen-bond acceptors (Lipinski definition) is 2. The molecule has 0 radical (unpaired) electrons. The number of nitrogens with one attached hydrogen (secondary N) is 1. The second-order valence-electron chi connectivity index (χ2n) is 4.09. The zero-order chi connectivity index (χ0) is 12.7. The Morgan fingerprint density at radius 1 is 1.29 bits per heavy atom. The minimum atomic E-state index is -0.234. The van der Waals surface area contributed by atoms with E-state index in [9.17, 15) is 9.59 Å². The van der Waals surface area contributed by atoms with Crippen LogP contribution in [0.3, 0.4) is 0 Å². The van der Waals surface area contributed by atoms with E-state index in [2.05, 4.69) is 11.9 Å². The normalized spacial score (nSPS) is 10.2. The molecule has 0 aliphatic heterocycles. The van der Waals surface area contributed by atoms with Crippen molar-refractivity contribution in [1.29, 1.82) is 0 Å². The first-order valence-corrected chi connectivity index (χ1v) is 6.17. The number of amides is 1. The van der Waals surface area contributed by atoms with Gasteiger partial charge in [-0.3, -0.25) is 9.59 Å². The Hall–Kier alpha value is -1.58. The average Bonchev–Trinajstić information content (AvgIpc) is 2.33. The zero-order valence-electron chi connectivity index (χ0n) is 10.5. The number of pyridine rings is 1. The predicted molar refractivity (Wildman–Crippen MR) is 68.2 cm³/mol. The molecule has 0 atom stereocenters. The first kappa shape index (κ1) is 13.5. The lowest BCUT2D eigenvalue weighted by Crippen LogP contribution is -2.33. The number of unbranched alkanes of at least 4 members (excludes halogenated alkanes) is 1. The van der Waals surface area contributed by atoms with E-state index in [1.54, 1.807) is 6.07 Å². The van der Waals surface area contributed by atoms with Gasteiger partial charge in [-0.1, -0.05) is 20.3 Å². The van der Waals surface area contributed by atoms with Gasteiger partial charge < -0.3 is 9.88 Å². The number of aromatic nitrogens is 1. The third kappa shape index (κ3) is 4.06. The van der Waals surface area contributed by atoms with Crippen molar-refractivity contribution >= 4 is 5.91 Å². The van der Waals surface area contributed by atoms with Crippen LogP contribution in [0.1, 0.15) is 43.5 Å². The smallest absolute Gasteiger partial charge is 0.254 e. The molecule has 94 valence electrons. The van der Waals surface area contributed by atoms with Gasteiger partial charge in [0.15, 0.2) is 0 Å². The Morgan fingerprint density at radius 3 is 2.65 bits per heavy atom. The predicted octanol–water partition coefficient (Wildman–Crippen LogP) is 2.03. The highest BCUT2D eigenvalue weighted by Gasteiger charge is 2.14. The number of H-pyrrole nitrogens is 1. The highest BCUT2D eigenvalue weighted by molar-refractivity contribution is 5.94. The second kappa shape index (κ2) is 6.89. The highest BCUT2D eigenvalue weighted by Crippen LogP contribution is 2.05. The van der Waals surface area contributed by atoms with Crippen molar-refractivity contribution in [2.24, 2.45) is 0 Å². The topological polar surface area (TPSA) is 53.2 Å². The fourth-order valence-electron chi connectivity index (χ4n) is 1.69. The van der Waals surface area contributed by atoms with Gasteiger partial charge in [0.05, 0.1) is 0 Å². The van der Waals surface area contributed by atoms with E-state index >= 15 is 0 Å². The molecule has 1 heterocycles. The van der Waals surface area contributed by atoms with Gasteiger partial charge in [-0.25, -0.2) is 0 Å². The SMILES string of the molecule is CCCCN(CCC)C(=O)c1cc[nH]c(=O)c1. The maximum Gasteiger partial charge on any atom is 0.254 e. The van der Waals surface area contributed by atoms with E-state index < -0.39 is 0 Å². The summed E-state index contributed by atoms with van der Waals surface area (Å²) in [6.45, 7) is 5.65. The number of rotatable bonds is 6. The molecule has 1 N–H and O–H groups in total. The first-order valence-electron chi connectivity index (χ1n) is 6.17. The molecule has 0 aliphatic carbocycles. The third-order valence-corrected chi connectivity index (χ3v) is 2.58. The molecule has 1 rings (SSSR count). The fraction of sp³-hybridized carbons (Fsp3) is 0.538. The van der Waals surface area contributed by atoms with E-state index in [1.807, 2.05) is 11.8 Å². The summed E-state index contributed by atoms with van der Waals surface area (Å²) in [6, 6.07) is 3.01. The van der Waals surface area contributed by atoms with Crippen molar-refractivity contribution in [3.05, 3.63) is 34.2 Å². The van der Waals surface area contributed by atoms with E-state index in [1.165, 1.54) is 12.3 Å². The van der Waals surface area contributed by atoms with Crippen LogP contribution in [0.4, 0.5) is 0 Å². The molecule has 0 aromatic carbocycles. The summed E-state index contributed by atoms with van der Waals surface area (Å²) >= 11 is 0. The van der Waals surface area contributed by atoms with Crippen LogP contribution >= 0.6 is 0 Å². The molecule has 0 unspecified atom stereocenters. The van der Waals surface area contributed by atoms with E-state index in [0.29, 0.717) is 5.56 Å². The molecule has 0 bridgehead atoms. The Balaban J connectivity index is 2.79. The molecule has 0 aliphatic rings. The Kier molecular flexibility index (Phi) is 5.46. The van der Waals surface area contributed by atoms with Crippen molar-refractivity contribution in [2.75, 3.05) is 13.1 Å². The summed E-state index contributed by atoms with van der Waals surface area (Å²) in [5.41, 5.74) is 0.237. The Labute approximate surface area is 102 Å². The van der Waals surface area contributed by atoms with Crippen LogP contribution in [0.15, 0.2) is 23.1 Å². The summed E-state index contributed by atoms with van der Waals surface area (Å²) in [5, 5.41) is 0. The van der Waals surface area contributed by atoms with Gasteiger partial charge in [0.25, 0.3) is 5.91 Å². The Morgan fingerprint density at radius 2 is 2.06 bits per heavy atom. The lowest BCUT2D eigenvalue weighted by Gasteiger charge is -2.21. The molecular formula is C13H20N2O2. The van der Waals surface area contributed by atoms with Crippen molar-refractivity contribution in [2.45, 2.75) is 33.1 Å². The molecule has 4 nitrogen and oxygen atoms in total. The minimum absolute atomic E-state index is 0.0496. The van der Waals surface area contributed by atoms with Crippen LogP contribution in [0.25, 0.3) is 0 Å². The van der Waals surface area contributed by atoms with E-state index in [4.69, 9.17) is 0 Å². The zero-order valence-corrected chi connectivity index (χ0v) is 10.5. The quantitative estimate of drug-likeness (QED) is 0.821. The molecule has 17 heavy (non-hydrogen) atoms. The Bertz CT molecular complexity index is 412. The summed E-state index contributed by atoms with van der Waals surface area (Å²) in [4.78, 5) is 27.7. The van der Waals surface area contributed by atoms with Crippen LogP contribution in [0, 0.1) is 0 Å². The van der Waals surface area contributed by atoms with Crippen molar-refractivity contribution < 1.29 is 4.79 Å². The van der Waals surface area contributed by atoms with Gasteiger partial charge in [-0.2, -0.15) is 0 Å². The molecule has 1 aromatic heterocycles. The van der Waals surface area contributed by atoms with Crippen LogP contribution in [-0.2, 0) is 0 Å². The number of nitrogens with zero attached hydrogens (tertiary/aromatic N) is 1. The maximum atomic E-state index is 12.2. The van der Waals surface area contributed by atoms with Gasteiger partial charge in [-0.15, -0.1) is 0 Å². The minimum Gasteiger partial charge on any atom is -0.339 e. The largest absolute Gasteiger partial charge is 0.339 e. The number of hydrogen-bond donors (Lipinski definition) is 1. The average molecular weight is 236 g/mol. The lowest BCUT2D eigenvalue weighted by molar-refractivity contribution is 0.0753. The van der Waals surface area contributed by atoms with Crippen LogP contribution in [-0.4, -0.2) is 28.9 Å². The fourth-order valence-corrected chi connectivity index (χ4v) is 1.69. The van der Waals surface area contributed by atoms with Gasteiger partial charge in [0.2, 0.25) is 5.56 Å². The number of carbonyl (C=O) groups is 1. The van der Waals surface area contributed by atoms with E-state index in [-0.39, 0.29) is 11.5 Å². The maximum absolute atomic E-state index is 12.2. The van der Waals surface area contributed by atoms with Crippen LogP contribution in [0.2, 0.25) is 0 Å². The van der Waals surface area contributed by atoms with E-state index in [0.717, 1.165) is 32.4 Å². The molecular weight excluding hydrogens is 216 g/mol. The van der Waals surface area contributed by atoms with Gasteiger partial charge >= 0.3 is 0 Å². The second-order valence-corrected chi connectivity index (χ2v) is 4.09. The molecule has 1 aromatic rings. The third-order valence-electron chi connectivity index (χ3n) is 2.58. The number of aromatic amines is 1. The van der Waals surface area contributed by atoms with Crippen molar-refractivity contribution in [1.82, 2.24) is 9.88 Å². The molecule has 1 amide bonds. The monoisotopic (exact) mass is 236 g/mol. The lowest BCUT2D eigenvalue weighted by atomic mass is 10.2. The summed E-state index contributed by atoms with van der Waals surface area (Å²) in [5.74, 6) is -0.0496. The summed E-state index contributed by atoms with van der Waals surface area (Å²) < 4.78 is 0. The molecule has 0 saturated carbocycles. The molecule has 0 fully saturated rings. The number of carbonyl (C=O) groups excluding carboxylic acids is 1. The van der Waals surface area contributed by atoms with Crippen LogP contribution < -0.4 is 5.56 Å². The first-order chi connectivity index (χ1) is 8.19. The summed E-state index contributed by atoms with van der Waals surface area (Å²) in [7, 11) is 0. The van der Waals surface area contributed by atoms with Crippen molar-refractivity contribution in [3.8, 4) is 0 Å². The molecule has 0 saturated heterocycles.